The lowest BCUT2D eigenvalue weighted by atomic mass is 10.1. The van der Waals surface area contributed by atoms with Crippen molar-refractivity contribution < 1.29 is 5.11 Å². The molecule has 2 aromatic rings. The minimum absolute atomic E-state index is 0.0851. The predicted molar refractivity (Wildman–Crippen MR) is 67.6 cm³/mol. The molecule has 0 fully saturated rings. The largest absolute Gasteiger partial charge is 0.327 e. The fourth-order valence-corrected chi connectivity index (χ4v) is 2.54. The highest BCUT2D eigenvalue weighted by Crippen LogP contribution is 2.27. The van der Waals surface area contributed by atoms with E-state index in [0.29, 0.717) is 0 Å². The smallest absolute Gasteiger partial charge is 0.255 e. The third-order valence-corrected chi connectivity index (χ3v) is 3.58. The van der Waals surface area contributed by atoms with Crippen LogP contribution in [0, 0.1) is 0 Å². The number of rotatable bonds is 5. The summed E-state index contributed by atoms with van der Waals surface area (Å²) in [6.45, 7) is 2.22. The molecule has 0 saturated carbocycles. The molecule has 2 nitrogen and oxygen atoms in total. The first-order valence-electron chi connectivity index (χ1n) is 5.86. The molecular weight excluding hydrogens is 218 g/mol. The van der Waals surface area contributed by atoms with Crippen molar-refractivity contribution in [2.24, 2.45) is 0 Å². The molecular formula is C13H16NOS. The van der Waals surface area contributed by atoms with Crippen LogP contribution in [0.2, 0.25) is 0 Å². The maximum Gasteiger partial charge on any atom is 0.327 e. The minimum Gasteiger partial charge on any atom is -0.255 e. The van der Waals surface area contributed by atoms with E-state index in [2.05, 4.69) is 24.0 Å². The van der Waals surface area contributed by atoms with Gasteiger partial charge >= 0.3 is 5.19 Å². The van der Waals surface area contributed by atoms with Gasteiger partial charge in [-0.2, -0.15) is 4.98 Å². The van der Waals surface area contributed by atoms with Crippen molar-refractivity contribution in [1.29, 1.82) is 0 Å². The van der Waals surface area contributed by atoms with Crippen LogP contribution in [0.5, 0.6) is 5.19 Å². The van der Waals surface area contributed by atoms with Crippen LogP contribution in [0.3, 0.4) is 0 Å². The van der Waals surface area contributed by atoms with Gasteiger partial charge in [-0.1, -0.05) is 43.6 Å². The van der Waals surface area contributed by atoms with Crippen molar-refractivity contribution in [3.8, 4) is 5.19 Å². The zero-order valence-electron chi connectivity index (χ0n) is 9.53. The number of benzene rings is 1. The molecule has 3 heteroatoms. The van der Waals surface area contributed by atoms with Gasteiger partial charge in [-0.15, -0.1) is 0 Å². The maximum absolute atomic E-state index is 11.1. The Morgan fingerprint density at radius 3 is 2.94 bits per heavy atom. The van der Waals surface area contributed by atoms with Crippen molar-refractivity contribution >= 4 is 21.6 Å². The van der Waals surface area contributed by atoms with Gasteiger partial charge < -0.3 is 0 Å². The molecule has 0 atom stereocenters. The Morgan fingerprint density at radius 1 is 1.25 bits per heavy atom. The summed E-state index contributed by atoms with van der Waals surface area (Å²) >= 11 is 1.23. The van der Waals surface area contributed by atoms with Crippen LogP contribution in [-0.4, -0.2) is 4.98 Å². The van der Waals surface area contributed by atoms with Crippen LogP contribution in [-0.2, 0) is 11.5 Å². The Balaban J connectivity index is 2.02. The van der Waals surface area contributed by atoms with E-state index in [1.54, 1.807) is 0 Å². The van der Waals surface area contributed by atoms with Crippen LogP contribution in [0.25, 0.3) is 10.2 Å². The van der Waals surface area contributed by atoms with E-state index >= 15 is 0 Å². The van der Waals surface area contributed by atoms with Gasteiger partial charge in [-0.05, 0) is 30.5 Å². The number of thiazole rings is 1. The SMILES string of the molecule is CCCCCCc1ccc2sc([O])nc2c1. The Morgan fingerprint density at radius 2 is 2.12 bits per heavy atom. The summed E-state index contributed by atoms with van der Waals surface area (Å²) in [6, 6.07) is 6.19. The van der Waals surface area contributed by atoms with Crippen LogP contribution >= 0.6 is 11.3 Å². The monoisotopic (exact) mass is 234 g/mol. The predicted octanol–water partition coefficient (Wildman–Crippen LogP) is 4.56. The van der Waals surface area contributed by atoms with E-state index in [9.17, 15) is 5.11 Å². The van der Waals surface area contributed by atoms with Crippen LogP contribution < -0.4 is 0 Å². The topological polar surface area (TPSA) is 32.8 Å². The standard InChI is InChI=1S/C13H16NOS/c1-2-3-4-5-6-10-7-8-12-11(9-10)14-13(15)16-12/h7-9H,2-6H2,1H3. The van der Waals surface area contributed by atoms with E-state index in [-0.39, 0.29) is 5.19 Å². The number of aromatic nitrogens is 1. The molecule has 0 spiro atoms. The molecule has 0 unspecified atom stereocenters. The molecule has 1 aromatic heterocycles. The molecule has 0 bridgehead atoms. The third kappa shape index (κ3) is 2.73. The van der Waals surface area contributed by atoms with Crippen molar-refractivity contribution in [1.82, 2.24) is 4.98 Å². The highest BCUT2D eigenvalue weighted by Gasteiger charge is 2.04. The van der Waals surface area contributed by atoms with Crippen LogP contribution in [0.15, 0.2) is 18.2 Å². The molecule has 2 rings (SSSR count). The highest BCUT2D eigenvalue weighted by molar-refractivity contribution is 7.20. The van der Waals surface area contributed by atoms with Crippen molar-refractivity contribution in [2.75, 3.05) is 0 Å². The molecule has 0 N–H and O–H groups in total. The van der Waals surface area contributed by atoms with Crippen LogP contribution in [0.4, 0.5) is 0 Å². The van der Waals surface area contributed by atoms with Gasteiger partial charge in [-0.3, -0.25) is 5.11 Å². The summed E-state index contributed by atoms with van der Waals surface area (Å²) in [5, 5.41) is 11.0. The Hall–Kier alpha value is -1.09. The lowest BCUT2D eigenvalue weighted by Crippen LogP contribution is -1.85. The molecule has 0 amide bonds. The minimum atomic E-state index is -0.0851. The summed E-state index contributed by atoms with van der Waals surface area (Å²) in [4.78, 5) is 3.98. The number of nitrogens with zero attached hydrogens (tertiary/aromatic N) is 1. The van der Waals surface area contributed by atoms with Crippen molar-refractivity contribution in [3.05, 3.63) is 23.8 Å². The quantitative estimate of drug-likeness (QED) is 0.698. The van der Waals surface area contributed by atoms with Gasteiger partial charge in [0.25, 0.3) is 0 Å². The molecule has 0 aliphatic carbocycles. The third-order valence-electron chi connectivity index (χ3n) is 2.75. The van der Waals surface area contributed by atoms with E-state index in [1.807, 2.05) is 6.07 Å². The molecule has 0 aliphatic rings. The average Bonchev–Trinajstić information content (AvgIpc) is 2.64. The van der Waals surface area contributed by atoms with Gasteiger partial charge in [0.2, 0.25) is 0 Å². The van der Waals surface area contributed by atoms with Gasteiger partial charge in [0.05, 0.1) is 10.2 Å². The first kappa shape index (κ1) is 11.4. The van der Waals surface area contributed by atoms with E-state index in [0.717, 1.165) is 16.6 Å². The molecule has 16 heavy (non-hydrogen) atoms. The Labute approximate surface area is 100.0 Å². The fourth-order valence-electron chi connectivity index (χ4n) is 1.86. The average molecular weight is 234 g/mol. The number of hydrogen-bond acceptors (Lipinski definition) is 2. The Bertz CT molecular complexity index is 464. The van der Waals surface area contributed by atoms with Crippen molar-refractivity contribution in [2.45, 2.75) is 39.0 Å². The second-order valence-corrected chi connectivity index (χ2v) is 5.09. The van der Waals surface area contributed by atoms with E-state index < -0.39 is 0 Å². The van der Waals surface area contributed by atoms with Gasteiger partial charge in [0.15, 0.2) is 0 Å². The first-order valence-corrected chi connectivity index (χ1v) is 6.67. The van der Waals surface area contributed by atoms with Gasteiger partial charge in [-0.25, -0.2) is 0 Å². The number of hydrogen-bond donors (Lipinski definition) is 0. The summed E-state index contributed by atoms with van der Waals surface area (Å²) in [5.41, 5.74) is 2.16. The Kier molecular flexibility index (Phi) is 3.78. The second-order valence-electron chi connectivity index (χ2n) is 4.09. The summed E-state index contributed by atoms with van der Waals surface area (Å²) in [7, 11) is 0. The number of unbranched alkanes of at least 4 members (excludes halogenated alkanes) is 3. The zero-order valence-corrected chi connectivity index (χ0v) is 10.3. The van der Waals surface area contributed by atoms with E-state index in [4.69, 9.17) is 0 Å². The molecule has 1 aromatic carbocycles. The summed E-state index contributed by atoms with van der Waals surface area (Å²) in [6.07, 6.45) is 6.20. The van der Waals surface area contributed by atoms with Gasteiger partial charge in [0.1, 0.15) is 0 Å². The molecule has 0 saturated heterocycles. The zero-order chi connectivity index (χ0) is 11.4. The summed E-state index contributed by atoms with van der Waals surface area (Å²) in [5.74, 6) is 0. The summed E-state index contributed by atoms with van der Waals surface area (Å²) < 4.78 is 1.00. The lowest BCUT2D eigenvalue weighted by Gasteiger charge is -2.00. The molecule has 1 heterocycles. The normalized spacial score (nSPS) is 11.1. The van der Waals surface area contributed by atoms with Crippen LogP contribution in [0.1, 0.15) is 38.2 Å². The van der Waals surface area contributed by atoms with Crippen molar-refractivity contribution in [3.63, 3.8) is 0 Å². The number of fused-ring (bicyclic) bond motifs is 1. The molecule has 0 aliphatic heterocycles. The first-order chi connectivity index (χ1) is 7.79. The maximum atomic E-state index is 11.1. The lowest BCUT2D eigenvalue weighted by molar-refractivity contribution is 0.353. The molecule has 85 valence electrons. The number of aryl methyl sites for hydroxylation is 1. The molecule has 1 radical (unpaired) electrons. The van der Waals surface area contributed by atoms with Gasteiger partial charge in [0, 0.05) is 0 Å². The van der Waals surface area contributed by atoms with E-state index in [1.165, 1.54) is 42.6 Å². The highest BCUT2D eigenvalue weighted by atomic mass is 32.1. The fraction of sp³-hybridized carbons (Fsp3) is 0.462. The second kappa shape index (κ2) is 5.30.